The van der Waals surface area contributed by atoms with Crippen LogP contribution in [0.1, 0.15) is 46.0 Å². The molecule has 0 radical (unpaired) electrons. The van der Waals surface area contributed by atoms with Crippen LogP contribution in [-0.4, -0.2) is 33.0 Å². The van der Waals surface area contributed by atoms with Crippen molar-refractivity contribution in [1.82, 2.24) is 5.32 Å². The topological polar surface area (TPSA) is 46.2 Å². The molecule has 0 heterocycles. The minimum Gasteiger partial charge on any atom is -0.313 e. The van der Waals surface area contributed by atoms with Gasteiger partial charge in [-0.15, -0.1) is 0 Å². The van der Waals surface area contributed by atoms with E-state index in [1.54, 1.807) is 0 Å². The van der Waals surface area contributed by atoms with Crippen molar-refractivity contribution in [2.75, 3.05) is 18.6 Å². The molecule has 1 aliphatic carbocycles. The lowest BCUT2D eigenvalue weighted by atomic mass is 9.83. The summed E-state index contributed by atoms with van der Waals surface area (Å²) in [5.41, 5.74) is 0.436. The molecule has 1 N–H and O–H groups in total. The molecule has 1 fully saturated rings. The van der Waals surface area contributed by atoms with Crippen LogP contribution in [0.3, 0.4) is 0 Å². The Balaban J connectivity index is 2.38. The monoisotopic (exact) mass is 247 g/mol. The third-order valence-electron chi connectivity index (χ3n) is 3.79. The van der Waals surface area contributed by atoms with Crippen molar-refractivity contribution in [3.05, 3.63) is 0 Å². The fourth-order valence-electron chi connectivity index (χ4n) is 2.68. The molecule has 0 amide bonds. The van der Waals surface area contributed by atoms with Crippen LogP contribution in [0.2, 0.25) is 0 Å². The van der Waals surface area contributed by atoms with Gasteiger partial charge in [0.15, 0.2) is 0 Å². The van der Waals surface area contributed by atoms with Gasteiger partial charge in [-0.2, -0.15) is 0 Å². The van der Waals surface area contributed by atoms with Gasteiger partial charge in [-0.1, -0.05) is 19.8 Å². The van der Waals surface area contributed by atoms with Crippen molar-refractivity contribution < 1.29 is 8.42 Å². The Bertz CT molecular complexity index is 305. The first kappa shape index (κ1) is 14.0. The van der Waals surface area contributed by atoms with Gasteiger partial charge in [0.05, 0.1) is 5.75 Å². The summed E-state index contributed by atoms with van der Waals surface area (Å²) < 4.78 is 22.3. The normalized spacial score (nSPS) is 22.2. The van der Waals surface area contributed by atoms with E-state index in [1.165, 1.54) is 38.4 Å². The van der Waals surface area contributed by atoms with E-state index in [0.717, 1.165) is 6.54 Å². The largest absolute Gasteiger partial charge is 0.313 e. The predicted molar refractivity (Wildman–Crippen MR) is 68.4 cm³/mol. The summed E-state index contributed by atoms with van der Waals surface area (Å²) in [5, 5.41) is 3.39. The smallest absolute Gasteiger partial charge is 0.148 e. The van der Waals surface area contributed by atoms with Gasteiger partial charge in [-0.05, 0) is 31.6 Å². The molecular weight excluding hydrogens is 222 g/mol. The Kier molecular flexibility index (Phi) is 4.80. The lowest BCUT2D eigenvalue weighted by Gasteiger charge is -2.29. The molecule has 0 saturated heterocycles. The van der Waals surface area contributed by atoms with Gasteiger partial charge in [-0.3, -0.25) is 0 Å². The highest BCUT2D eigenvalue weighted by atomic mass is 32.2. The average Bonchev–Trinajstić information content (AvgIpc) is 2.61. The lowest BCUT2D eigenvalue weighted by Crippen LogP contribution is -2.40. The molecule has 96 valence electrons. The number of sulfone groups is 1. The SMILES string of the molecule is CCC1(CNC(C)CS(C)(=O)=O)CCCC1. The zero-order valence-corrected chi connectivity index (χ0v) is 11.6. The van der Waals surface area contributed by atoms with E-state index in [4.69, 9.17) is 0 Å². The number of nitrogens with one attached hydrogen (secondary N) is 1. The Morgan fingerprint density at radius 3 is 2.31 bits per heavy atom. The van der Waals surface area contributed by atoms with Crippen molar-refractivity contribution in [3.63, 3.8) is 0 Å². The summed E-state index contributed by atoms with van der Waals surface area (Å²) >= 11 is 0. The maximum atomic E-state index is 11.1. The van der Waals surface area contributed by atoms with Crippen molar-refractivity contribution in [2.45, 2.75) is 52.0 Å². The van der Waals surface area contributed by atoms with Gasteiger partial charge in [0.2, 0.25) is 0 Å². The molecule has 3 nitrogen and oxygen atoms in total. The number of rotatable bonds is 6. The van der Waals surface area contributed by atoms with E-state index in [0.29, 0.717) is 5.41 Å². The molecule has 0 aliphatic heterocycles. The fraction of sp³-hybridized carbons (Fsp3) is 1.00. The van der Waals surface area contributed by atoms with Crippen LogP contribution in [0.15, 0.2) is 0 Å². The summed E-state index contributed by atoms with van der Waals surface area (Å²) in [6.07, 6.45) is 7.75. The molecule has 0 bridgehead atoms. The summed E-state index contributed by atoms with van der Waals surface area (Å²) in [4.78, 5) is 0. The molecule has 1 atom stereocenters. The first-order valence-corrected chi connectivity index (χ1v) is 8.34. The molecule has 1 unspecified atom stereocenters. The van der Waals surface area contributed by atoms with Crippen LogP contribution in [-0.2, 0) is 9.84 Å². The zero-order chi connectivity index (χ0) is 12.2. The predicted octanol–water partition coefficient (Wildman–Crippen LogP) is 1.98. The molecule has 0 aromatic rings. The quantitative estimate of drug-likeness (QED) is 0.780. The highest BCUT2D eigenvalue weighted by Crippen LogP contribution is 2.40. The number of hydrogen-bond acceptors (Lipinski definition) is 3. The fourth-order valence-corrected chi connectivity index (χ4v) is 3.71. The van der Waals surface area contributed by atoms with Gasteiger partial charge in [0.1, 0.15) is 9.84 Å². The van der Waals surface area contributed by atoms with Gasteiger partial charge < -0.3 is 5.32 Å². The standard InChI is InChI=1S/C12H25NO2S/c1-4-12(7-5-6-8-12)10-13-11(2)9-16(3,14)15/h11,13H,4-10H2,1-3H3. The Morgan fingerprint density at radius 1 is 1.31 bits per heavy atom. The van der Waals surface area contributed by atoms with E-state index in [9.17, 15) is 8.42 Å². The van der Waals surface area contributed by atoms with Crippen LogP contribution >= 0.6 is 0 Å². The van der Waals surface area contributed by atoms with Gasteiger partial charge >= 0.3 is 0 Å². The molecule has 16 heavy (non-hydrogen) atoms. The second-order valence-corrected chi connectivity index (χ2v) is 7.62. The maximum Gasteiger partial charge on any atom is 0.148 e. The van der Waals surface area contributed by atoms with E-state index in [-0.39, 0.29) is 11.8 Å². The number of hydrogen-bond donors (Lipinski definition) is 1. The molecule has 1 saturated carbocycles. The van der Waals surface area contributed by atoms with Crippen molar-refractivity contribution in [2.24, 2.45) is 5.41 Å². The van der Waals surface area contributed by atoms with E-state index in [1.807, 2.05) is 6.92 Å². The van der Waals surface area contributed by atoms with Crippen LogP contribution in [0, 0.1) is 5.41 Å². The Morgan fingerprint density at radius 2 is 1.88 bits per heavy atom. The van der Waals surface area contributed by atoms with Gasteiger partial charge in [0, 0.05) is 18.8 Å². The molecule has 0 aromatic heterocycles. The van der Waals surface area contributed by atoms with Crippen molar-refractivity contribution in [3.8, 4) is 0 Å². The Hall–Kier alpha value is -0.0900. The van der Waals surface area contributed by atoms with Crippen molar-refractivity contribution in [1.29, 1.82) is 0 Å². The van der Waals surface area contributed by atoms with Crippen LogP contribution < -0.4 is 5.32 Å². The lowest BCUT2D eigenvalue weighted by molar-refractivity contribution is 0.261. The second kappa shape index (κ2) is 5.50. The third-order valence-corrected chi connectivity index (χ3v) is 4.90. The molecule has 0 spiro atoms. The maximum absolute atomic E-state index is 11.1. The van der Waals surface area contributed by atoms with Gasteiger partial charge in [-0.25, -0.2) is 8.42 Å². The summed E-state index contributed by atoms with van der Waals surface area (Å²) in [7, 11) is -2.86. The van der Waals surface area contributed by atoms with Gasteiger partial charge in [0.25, 0.3) is 0 Å². The molecule has 1 aliphatic rings. The van der Waals surface area contributed by atoms with Crippen LogP contribution in [0.25, 0.3) is 0 Å². The summed E-state index contributed by atoms with van der Waals surface area (Å²) in [6.45, 7) is 5.17. The van der Waals surface area contributed by atoms with Crippen LogP contribution in [0.5, 0.6) is 0 Å². The van der Waals surface area contributed by atoms with E-state index < -0.39 is 9.84 Å². The minimum atomic E-state index is -2.86. The first-order chi connectivity index (χ1) is 7.37. The summed E-state index contributed by atoms with van der Waals surface area (Å²) in [5.74, 6) is 0.243. The molecular formula is C12H25NO2S. The highest BCUT2D eigenvalue weighted by molar-refractivity contribution is 7.90. The molecule has 1 rings (SSSR count). The summed E-state index contributed by atoms with van der Waals surface area (Å²) in [6, 6.07) is 0.0685. The highest BCUT2D eigenvalue weighted by Gasteiger charge is 2.31. The second-order valence-electron chi connectivity index (χ2n) is 5.44. The Labute approximate surface area is 99.9 Å². The first-order valence-electron chi connectivity index (χ1n) is 6.28. The molecule has 0 aromatic carbocycles. The zero-order valence-electron chi connectivity index (χ0n) is 10.8. The van der Waals surface area contributed by atoms with Crippen molar-refractivity contribution >= 4 is 9.84 Å². The van der Waals surface area contributed by atoms with E-state index >= 15 is 0 Å². The van der Waals surface area contributed by atoms with Crippen LogP contribution in [0.4, 0.5) is 0 Å². The minimum absolute atomic E-state index is 0.0685. The molecule has 4 heteroatoms. The van der Waals surface area contributed by atoms with E-state index in [2.05, 4.69) is 12.2 Å². The third kappa shape index (κ3) is 4.42. The average molecular weight is 247 g/mol.